The van der Waals surface area contributed by atoms with E-state index in [9.17, 15) is 19.7 Å². The Morgan fingerprint density at radius 1 is 1.48 bits per heavy atom. The Bertz CT molecular complexity index is 683. The van der Waals surface area contributed by atoms with Gasteiger partial charge in [-0.1, -0.05) is 11.6 Å². The smallest absolute Gasteiger partial charge is 0.317 e. The number of halogens is 1. The zero-order valence-electron chi connectivity index (χ0n) is 13.6. The summed E-state index contributed by atoms with van der Waals surface area (Å²) in [4.78, 5) is 36.8. The van der Waals surface area contributed by atoms with Gasteiger partial charge in [-0.25, -0.2) is 0 Å². The zero-order valence-corrected chi connectivity index (χ0v) is 14.3. The van der Waals surface area contributed by atoms with Crippen LogP contribution in [-0.2, 0) is 9.53 Å². The lowest BCUT2D eigenvalue weighted by Crippen LogP contribution is -2.49. The molecule has 10 heteroatoms. The molecule has 1 aliphatic rings. The van der Waals surface area contributed by atoms with Crippen LogP contribution in [0.2, 0.25) is 5.02 Å². The van der Waals surface area contributed by atoms with Crippen molar-refractivity contribution in [3.05, 3.63) is 38.9 Å². The summed E-state index contributed by atoms with van der Waals surface area (Å²) in [5, 5.41) is 19.8. The predicted molar refractivity (Wildman–Crippen MR) is 88.9 cm³/mol. The zero-order chi connectivity index (χ0) is 18.6. The first-order valence-electron chi connectivity index (χ1n) is 7.52. The Labute approximate surface area is 148 Å². The molecule has 0 aromatic heterocycles. The average molecular weight is 372 g/mol. The summed E-state index contributed by atoms with van der Waals surface area (Å²) in [6.07, 6.45) is -0.337. The van der Waals surface area contributed by atoms with Gasteiger partial charge in [0.2, 0.25) is 0 Å². The summed E-state index contributed by atoms with van der Waals surface area (Å²) < 4.78 is 5.57. The number of non-ortho nitro benzene ring substituents is 1. The molecule has 0 radical (unpaired) electrons. The molecule has 9 nitrogen and oxygen atoms in total. The van der Waals surface area contributed by atoms with Crippen LogP contribution in [0, 0.1) is 10.1 Å². The van der Waals surface area contributed by atoms with Crippen LogP contribution in [0.4, 0.5) is 5.69 Å². The number of morpholine rings is 1. The Hall–Kier alpha value is -2.23. The van der Waals surface area contributed by atoms with E-state index < -0.39 is 10.9 Å². The Balaban J connectivity index is 2.06. The summed E-state index contributed by atoms with van der Waals surface area (Å²) in [6.45, 7) is 1.14. The van der Waals surface area contributed by atoms with Gasteiger partial charge in [0, 0.05) is 42.4 Å². The maximum Gasteiger partial charge on any atom is 0.317 e. The van der Waals surface area contributed by atoms with Gasteiger partial charge in [-0.3, -0.25) is 24.6 Å². The standard InChI is InChI=1S/C15H18ClN3O6/c1-17(9-14(20)21)7-13-8-18(2-3-25-13)15(22)10-4-11(16)6-12(5-10)19(23)24/h4-6,13H,2-3,7-9H2,1H3,(H,20,21). The number of carboxylic acid groups (broad SMARTS) is 1. The molecular weight excluding hydrogens is 354 g/mol. The second-order valence-corrected chi connectivity index (χ2v) is 6.23. The molecule has 1 amide bonds. The van der Waals surface area contributed by atoms with Crippen LogP contribution in [-0.4, -0.2) is 77.6 Å². The Kier molecular flexibility index (Phi) is 6.29. The molecule has 1 aromatic rings. The average Bonchev–Trinajstić information content (AvgIpc) is 2.52. The van der Waals surface area contributed by atoms with Crippen molar-refractivity contribution in [2.75, 3.05) is 39.8 Å². The van der Waals surface area contributed by atoms with Crippen LogP contribution in [0.25, 0.3) is 0 Å². The number of likely N-dealkylation sites (N-methyl/N-ethyl adjacent to an activating group) is 1. The van der Waals surface area contributed by atoms with Gasteiger partial charge in [-0.15, -0.1) is 0 Å². The number of carbonyl (C=O) groups excluding carboxylic acids is 1. The van der Waals surface area contributed by atoms with Gasteiger partial charge < -0.3 is 14.7 Å². The summed E-state index contributed by atoms with van der Waals surface area (Å²) in [5.41, 5.74) is -0.111. The molecule has 1 atom stereocenters. The van der Waals surface area contributed by atoms with E-state index >= 15 is 0 Å². The number of hydrogen-bond acceptors (Lipinski definition) is 6. The van der Waals surface area contributed by atoms with Crippen molar-refractivity contribution < 1.29 is 24.4 Å². The summed E-state index contributed by atoms with van der Waals surface area (Å²) in [5.74, 6) is -1.32. The number of amides is 1. The van der Waals surface area contributed by atoms with E-state index in [0.717, 1.165) is 0 Å². The second kappa shape index (κ2) is 8.24. The number of carboxylic acids is 1. The topological polar surface area (TPSA) is 113 Å². The molecule has 0 spiro atoms. The van der Waals surface area contributed by atoms with Crippen LogP contribution < -0.4 is 0 Å². The van der Waals surface area contributed by atoms with Crippen LogP contribution in [0.15, 0.2) is 18.2 Å². The molecule has 1 heterocycles. The van der Waals surface area contributed by atoms with Gasteiger partial charge in [0.05, 0.1) is 24.2 Å². The first-order chi connectivity index (χ1) is 11.8. The lowest BCUT2D eigenvalue weighted by molar-refractivity contribution is -0.384. The van der Waals surface area contributed by atoms with E-state index in [2.05, 4.69) is 0 Å². The monoisotopic (exact) mass is 371 g/mol. The minimum absolute atomic E-state index is 0.114. The van der Waals surface area contributed by atoms with Gasteiger partial charge in [0.15, 0.2) is 0 Å². The summed E-state index contributed by atoms with van der Waals surface area (Å²) in [7, 11) is 1.65. The van der Waals surface area contributed by atoms with Crippen molar-refractivity contribution in [2.45, 2.75) is 6.10 Å². The molecule has 1 aliphatic heterocycles. The number of hydrogen-bond donors (Lipinski definition) is 1. The van der Waals surface area contributed by atoms with E-state index in [4.69, 9.17) is 21.4 Å². The summed E-state index contributed by atoms with van der Waals surface area (Å²) >= 11 is 5.86. The number of nitrogens with zero attached hydrogens (tertiary/aromatic N) is 3. The Morgan fingerprint density at radius 3 is 2.84 bits per heavy atom. The van der Waals surface area contributed by atoms with Crippen molar-refractivity contribution in [1.82, 2.24) is 9.80 Å². The largest absolute Gasteiger partial charge is 0.480 e. The maximum absolute atomic E-state index is 12.6. The SMILES string of the molecule is CN(CC(=O)O)CC1CN(C(=O)c2cc(Cl)cc([N+](=O)[O-])c2)CCO1. The molecule has 25 heavy (non-hydrogen) atoms. The molecule has 1 unspecified atom stereocenters. The molecule has 0 saturated carbocycles. The fourth-order valence-electron chi connectivity index (χ4n) is 2.64. The van der Waals surface area contributed by atoms with Gasteiger partial charge in [0.1, 0.15) is 0 Å². The van der Waals surface area contributed by atoms with E-state index in [0.29, 0.717) is 19.7 Å². The fraction of sp³-hybridized carbons (Fsp3) is 0.467. The van der Waals surface area contributed by atoms with Crippen LogP contribution in [0.3, 0.4) is 0 Å². The molecule has 1 fully saturated rings. The highest BCUT2D eigenvalue weighted by Gasteiger charge is 2.27. The molecule has 1 aromatic carbocycles. The number of nitro benzene ring substituents is 1. The number of benzene rings is 1. The number of carbonyl (C=O) groups is 2. The quantitative estimate of drug-likeness (QED) is 0.588. The minimum Gasteiger partial charge on any atom is -0.480 e. The van der Waals surface area contributed by atoms with Crippen molar-refractivity contribution in [3.63, 3.8) is 0 Å². The van der Waals surface area contributed by atoms with E-state index in [1.54, 1.807) is 11.9 Å². The number of nitro groups is 1. The van der Waals surface area contributed by atoms with Gasteiger partial charge in [0.25, 0.3) is 11.6 Å². The van der Waals surface area contributed by atoms with Crippen LogP contribution in [0.5, 0.6) is 0 Å². The lowest BCUT2D eigenvalue weighted by atomic mass is 10.1. The molecule has 136 valence electrons. The Morgan fingerprint density at radius 2 is 2.20 bits per heavy atom. The van der Waals surface area contributed by atoms with Crippen LogP contribution >= 0.6 is 11.6 Å². The molecule has 1 N–H and O–H groups in total. The van der Waals surface area contributed by atoms with E-state index in [1.807, 2.05) is 0 Å². The molecule has 1 saturated heterocycles. The lowest BCUT2D eigenvalue weighted by Gasteiger charge is -2.34. The fourth-order valence-corrected chi connectivity index (χ4v) is 2.87. The third-order valence-corrected chi connectivity index (χ3v) is 3.91. The van der Waals surface area contributed by atoms with Crippen molar-refractivity contribution >= 4 is 29.2 Å². The number of ether oxygens (including phenoxy) is 1. The van der Waals surface area contributed by atoms with Gasteiger partial charge in [-0.05, 0) is 13.1 Å². The molecule has 2 rings (SSSR count). The maximum atomic E-state index is 12.6. The van der Waals surface area contributed by atoms with Crippen LogP contribution in [0.1, 0.15) is 10.4 Å². The normalized spacial score (nSPS) is 17.6. The molecule has 0 aliphatic carbocycles. The highest BCUT2D eigenvalue weighted by molar-refractivity contribution is 6.31. The highest BCUT2D eigenvalue weighted by atomic mass is 35.5. The van der Waals surface area contributed by atoms with E-state index in [-0.39, 0.29) is 41.4 Å². The summed E-state index contributed by atoms with van der Waals surface area (Å²) in [6, 6.07) is 3.76. The van der Waals surface area contributed by atoms with Gasteiger partial charge in [-0.2, -0.15) is 0 Å². The number of rotatable bonds is 6. The molecular formula is C15H18ClN3O6. The van der Waals surface area contributed by atoms with Gasteiger partial charge >= 0.3 is 5.97 Å². The highest BCUT2D eigenvalue weighted by Crippen LogP contribution is 2.22. The number of aliphatic carboxylic acids is 1. The first-order valence-corrected chi connectivity index (χ1v) is 7.90. The van der Waals surface area contributed by atoms with Crippen molar-refractivity contribution in [1.29, 1.82) is 0 Å². The third kappa shape index (κ3) is 5.38. The third-order valence-electron chi connectivity index (χ3n) is 3.69. The van der Waals surface area contributed by atoms with Crippen molar-refractivity contribution in [2.24, 2.45) is 0 Å². The second-order valence-electron chi connectivity index (χ2n) is 5.79. The molecule has 0 bridgehead atoms. The van der Waals surface area contributed by atoms with Crippen molar-refractivity contribution in [3.8, 4) is 0 Å². The minimum atomic E-state index is -0.947. The predicted octanol–water partition coefficient (Wildman–Crippen LogP) is 1.11. The van der Waals surface area contributed by atoms with E-state index in [1.165, 1.54) is 23.1 Å². The first kappa shape index (κ1) is 19.1.